The number of nitrogens with one attached hydrogen (secondary N) is 1. The average Bonchev–Trinajstić information content (AvgIpc) is 2.29. The van der Waals surface area contributed by atoms with Crippen molar-refractivity contribution in [1.82, 2.24) is 0 Å². The molecule has 0 fully saturated rings. The van der Waals surface area contributed by atoms with Crippen molar-refractivity contribution in [2.45, 2.75) is 19.0 Å². The number of alkyl halides is 3. The van der Waals surface area contributed by atoms with Gasteiger partial charge in [-0.15, -0.1) is 0 Å². The molecule has 0 aliphatic heterocycles. The van der Waals surface area contributed by atoms with Crippen LogP contribution in [0.3, 0.4) is 0 Å². The summed E-state index contributed by atoms with van der Waals surface area (Å²) < 4.78 is 73.9. The molecule has 0 bridgehead atoms. The zero-order valence-corrected chi connectivity index (χ0v) is 10.9. The molecule has 0 aliphatic rings. The van der Waals surface area contributed by atoms with Crippen LogP contribution in [-0.4, -0.2) is 20.3 Å². The molecule has 0 unspecified atom stereocenters. The molecule has 0 heterocycles. The van der Waals surface area contributed by atoms with Gasteiger partial charge in [-0.05, 0) is 24.6 Å². The van der Waals surface area contributed by atoms with Crippen molar-refractivity contribution in [3.05, 3.63) is 29.6 Å². The van der Waals surface area contributed by atoms with E-state index in [9.17, 15) is 26.0 Å². The van der Waals surface area contributed by atoms with Gasteiger partial charge in [0.1, 0.15) is 5.82 Å². The summed E-state index contributed by atoms with van der Waals surface area (Å²) >= 11 is 0. The number of benzene rings is 1. The summed E-state index contributed by atoms with van der Waals surface area (Å²) in [5.74, 6) is -1.74. The summed E-state index contributed by atoms with van der Waals surface area (Å²) in [5.41, 5.74) is -0.404. The highest BCUT2D eigenvalue weighted by Gasteiger charge is 2.27. The van der Waals surface area contributed by atoms with Crippen LogP contribution in [0, 0.1) is 17.1 Å². The van der Waals surface area contributed by atoms with Gasteiger partial charge in [-0.2, -0.15) is 18.4 Å². The zero-order valence-electron chi connectivity index (χ0n) is 10.0. The van der Waals surface area contributed by atoms with Gasteiger partial charge in [-0.3, -0.25) is 4.72 Å². The zero-order chi connectivity index (χ0) is 15.4. The average molecular weight is 310 g/mol. The van der Waals surface area contributed by atoms with Gasteiger partial charge in [-0.1, -0.05) is 0 Å². The van der Waals surface area contributed by atoms with Gasteiger partial charge in [-0.25, -0.2) is 12.8 Å². The van der Waals surface area contributed by atoms with Crippen LogP contribution >= 0.6 is 0 Å². The van der Waals surface area contributed by atoms with Gasteiger partial charge < -0.3 is 0 Å². The predicted octanol–water partition coefficient (Wildman–Crippen LogP) is 2.78. The Balaban J connectivity index is 2.70. The Morgan fingerprint density at radius 1 is 1.30 bits per heavy atom. The summed E-state index contributed by atoms with van der Waals surface area (Å²) in [5, 5.41) is 8.52. The fraction of sp³-hybridized carbons (Fsp3) is 0.364. The third-order valence-electron chi connectivity index (χ3n) is 2.24. The van der Waals surface area contributed by atoms with Crippen molar-refractivity contribution in [3.8, 4) is 6.07 Å². The van der Waals surface area contributed by atoms with Crippen molar-refractivity contribution < 1.29 is 26.0 Å². The SMILES string of the molecule is N#Cc1ccc(NS(=O)(=O)CCCC(F)(F)F)c(F)c1. The normalized spacial score (nSPS) is 11.9. The van der Waals surface area contributed by atoms with Crippen molar-refractivity contribution >= 4 is 15.7 Å². The van der Waals surface area contributed by atoms with Crippen molar-refractivity contribution in [3.63, 3.8) is 0 Å². The number of hydrogen-bond donors (Lipinski definition) is 1. The highest BCUT2D eigenvalue weighted by Crippen LogP contribution is 2.22. The number of hydrogen-bond acceptors (Lipinski definition) is 3. The first-order chi connectivity index (χ1) is 9.13. The molecule has 1 N–H and O–H groups in total. The largest absolute Gasteiger partial charge is 0.389 e. The van der Waals surface area contributed by atoms with E-state index >= 15 is 0 Å². The fourth-order valence-corrected chi connectivity index (χ4v) is 2.48. The smallest absolute Gasteiger partial charge is 0.281 e. The first-order valence-electron chi connectivity index (χ1n) is 5.40. The Kier molecular flexibility index (Phi) is 4.94. The van der Waals surface area contributed by atoms with E-state index in [-0.39, 0.29) is 5.56 Å². The van der Waals surface area contributed by atoms with E-state index in [2.05, 4.69) is 0 Å². The Labute approximate surface area is 113 Å². The third kappa shape index (κ3) is 5.44. The lowest BCUT2D eigenvalue weighted by atomic mass is 10.2. The van der Waals surface area contributed by atoms with E-state index < -0.39 is 46.3 Å². The molecule has 0 saturated heterocycles. The lowest BCUT2D eigenvalue weighted by molar-refractivity contribution is -0.134. The first kappa shape index (κ1) is 16.2. The van der Waals surface area contributed by atoms with E-state index in [4.69, 9.17) is 5.26 Å². The van der Waals surface area contributed by atoms with Crippen LogP contribution in [0.5, 0.6) is 0 Å². The number of anilines is 1. The second-order valence-electron chi connectivity index (χ2n) is 3.95. The number of rotatable bonds is 5. The van der Waals surface area contributed by atoms with Crippen LogP contribution in [0.4, 0.5) is 23.2 Å². The van der Waals surface area contributed by atoms with Gasteiger partial charge in [0.15, 0.2) is 0 Å². The molecule has 0 amide bonds. The van der Waals surface area contributed by atoms with Crippen molar-refractivity contribution in [1.29, 1.82) is 5.26 Å². The minimum atomic E-state index is -4.44. The first-order valence-corrected chi connectivity index (χ1v) is 7.05. The maximum Gasteiger partial charge on any atom is 0.389 e. The Bertz CT molecular complexity index is 620. The van der Waals surface area contributed by atoms with Gasteiger partial charge in [0, 0.05) is 6.42 Å². The molecule has 0 atom stereocenters. The van der Waals surface area contributed by atoms with Gasteiger partial charge in [0.05, 0.1) is 23.1 Å². The van der Waals surface area contributed by atoms with E-state index in [1.165, 1.54) is 6.07 Å². The van der Waals surface area contributed by atoms with E-state index in [0.29, 0.717) is 0 Å². The summed E-state index contributed by atoms with van der Waals surface area (Å²) in [6, 6.07) is 4.72. The molecular formula is C11H10F4N2O2S. The molecule has 0 radical (unpaired) electrons. The van der Waals surface area contributed by atoms with E-state index in [1.807, 2.05) is 4.72 Å². The molecule has 4 nitrogen and oxygen atoms in total. The molecule has 1 rings (SSSR count). The van der Waals surface area contributed by atoms with Crippen molar-refractivity contribution in [2.75, 3.05) is 10.5 Å². The number of halogens is 4. The third-order valence-corrected chi connectivity index (χ3v) is 3.59. The summed E-state index contributed by atoms with van der Waals surface area (Å²) in [6.45, 7) is 0. The standard InChI is InChI=1S/C11H10F4N2O2S/c12-9-6-8(7-16)2-3-10(9)17-20(18,19)5-1-4-11(13,14)15/h2-3,6,17H,1,4-5H2. The maximum atomic E-state index is 13.4. The van der Waals surface area contributed by atoms with Crippen molar-refractivity contribution in [2.24, 2.45) is 0 Å². The molecule has 20 heavy (non-hydrogen) atoms. The second kappa shape index (κ2) is 6.09. The molecule has 0 aliphatic carbocycles. The Morgan fingerprint density at radius 2 is 1.95 bits per heavy atom. The molecule has 1 aromatic rings. The molecular weight excluding hydrogens is 300 g/mol. The molecule has 9 heteroatoms. The van der Waals surface area contributed by atoms with Crippen LogP contribution in [0.15, 0.2) is 18.2 Å². The molecule has 0 aromatic heterocycles. The quantitative estimate of drug-likeness (QED) is 0.850. The van der Waals surface area contributed by atoms with Gasteiger partial charge in [0.2, 0.25) is 10.0 Å². The predicted molar refractivity (Wildman–Crippen MR) is 63.8 cm³/mol. The van der Waals surface area contributed by atoms with Crippen LogP contribution in [0.1, 0.15) is 18.4 Å². The second-order valence-corrected chi connectivity index (χ2v) is 5.79. The summed E-state index contributed by atoms with van der Waals surface area (Å²) in [6.07, 6.45) is -6.28. The highest BCUT2D eigenvalue weighted by atomic mass is 32.2. The summed E-state index contributed by atoms with van der Waals surface area (Å²) in [4.78, 5) is 0. The van der Waals surface area contributed by atoms with Crippen LogP contribution in [-0.2, 0) is 10.0 Å². The molecule has 110 valence electrons. The van der Waals surface area contributed by atoms with Gasteiger partial charge >= 0.3 is 6.18 Å². The van der Waals surface area contributed by atoms with Crippen LogP contribution in [0.2, 0.25) is 0 Å². The fourth-order valence-electron chi connectivity index (χ4n) is 1.35. The topological polar surface area (TPSA) is 70.0 Å². The van der Waals surface area contributed by atoms with E-state index in [0.717, 1.165) is 12.1 Å². The molecule has 1 aromatic carbocycles. The Morgan fingerprint density at radius 3 is 2.45 bits per heavy atom. The lowest BCUT2D eigenvalue weighted by Crippen LogP contribution is -2.19. The van der Waals surface area contributed by atoms with Gasteiger partial charge in [0.25, 0.3) is 0 Å². The maximum absolute atomic E-state index is 13.4. The lowest BCUT2D eigenvalue weighted by Gasteiger charge is -2.10. The number of sulfonamides is 1. The molecule has 0 spiro atoms. The summed E-state index contributed by atoms with van der Waals surface area (Å²) in [7, 11) is -4.07. The van der Waals surface area contributed by atoms with Crippen LogP contribution in [0.25, 0.3) is 0 Å². The minimum absolute atomic E-state index is 0.00233. The number of nitriles is 1. The van der Waals surface area contributed by atoms with E-state index in [1.54, 1.807) is 6.07 Å². The monoisotopic (exact) mass is 310 g/mol. The number of nitrogens with zero attached hydrogens (tertiary/aromatic N) is 1. The van der Waals surface area contributed by atoms with Crippen LogP contribution < -0.4 is 4.72 Å². The molecule has 0 saturated carbocycles. The highest BCUT2D eigenvalue weighted by molar-refractivity contribution is 7.92. The minimum Gasteiger partial charge on any atom is -0.281 e. The Hall–Kier alpha value is -1.82.